The molecular weight excluding hydrogens is 449 g/mol. The highest BCUT2D eigenvalue weighted by Gasteiger charge is 2.35. The molecule has 2 N–H and O–H groups in total. The molecule has 0 aliphatic carbocycles. The van der Waals surface area contributed by atoms with E-state index in [-0.39, 0.29) is 12.5 Å². The number of benzene rings is 1. The predicted molar refractivity (Wildman–Crippen MR) is 120 cm³/mol. The van der Waals surface area contributed by atoms with E-state index in [1.807, 2.05) is 30.0 Å². The van der Waals surface area contributed by atoms with Gasteiger partial charge in [0.2, 0.25) is 5.82 Å². The number of rotatable bonds is 7. The first-order chi connectivity index (χ1) is 16.4. The number of aromatic nitrogens is 3. The number of amides is 1. The highest BCUT2D eigenvalue weighted by Crippen LogP contribution is 2.27. The molecule has 1 atom stereocenters. The van der Waals surface area contributed by atoms with Gasteiger partial charge in [-0.15, -0.1) is 0 Å². The molecule has 1 aliphatic heterocycles. The van der Waals surface area contributed by atoms with Gasteiger partial charge in [0.05, 0.1) is 24.8 Å². The van der Waals surface area contributed by atoms with E-state index < -0.39 is 18.0 Å². The van der Waals surface area contributed by atoms with Crippen molar-refractivity contribution < 1.29 is 22.7 Å². The summed E-state index contributed by atoms with van der Waals surface area (Å²) in [5, 5.41) is 6.79. The molecule has 3 aromatic rings. The maximum atomic E-state index is 13.1. The summed E-state index contributed by atoms with van der Waals surface area (Å²) in [4.78, 5) is 26.7. The normalized spacial score (nSPS) is 15.8. The van der Waals surface area contributed by atoms with Crippen LogP contribution in [0.15, 0.2) is 42.7 Å². The summed E-state index contributed by atoms with van der Waals surface area (Å²) in [6.45, 7) is 5.02. The van der Waals surface area contributed by atoms with Gasteiger partial charge in [0.1, 0.15) is 5.82 Å². The molecule has 1 aromatic carbocycles. The zero-order valence-corrected chi connectivity index (χ0v) is 18.6. The lowest BCUT2D eigenvalue weighted by Crippen LogP contribution is -2.44. The third-order valence-electron chi connectivity index (χ3n) is 5.59. The maximum Gasteiger partial charge on any atom is 0.451 e. The average molecular weight is 474 g/mol. The SMILES string of the molecule is CCNc1ccc2c(C(=O)NCC(c3cnc(C(F)(F)F)nc3)N3CCOCC3)cccc2n1. The Morgan fingerprint density at radius 2 is 1.88 bits per heavy atom. The van der Waals surface area contributed by atoms with E-state index in [2.05, 4.69) is 25.6 Å². The number of ether oxygens (including phenoxy) is 1. The summed E-state index contributed by atoms with van der Waals surface area (Å²) in [6, 6.07) is 8.59. The van der Waals surface area contributed by atoms with E-state index in [1.54, 1.807) is 12.1 Å². The number of halogens is 3. The lowest BCUT2D eigenvalue weighted by molar-refractivity contribution is -0.145. The molecule has 180 valence electrons. The molecule has 34 heavy (non-hydrogen) atoms. The van der Waals surface area contributed by atoms with Gasteiger partial charge < -0.3 is 15.4 Å². The second-order valence-corrected chi connectivity index (χ2v) is 7.81. The maximum absolute atomic E-state index is 13.1. The summed E-state index contributed by atoms with van der Waals surface area (Å²) < 4.78 is 44.1. The van der Waals surface area contributed by atoms with Gasteiger partial charge in [-0.25, -0.2) is 15.0 Å². The number of carbonyl (C=O) groups is 1. The van der Waals surface area contributed by atoms with Crippen molar-refractivity contribution in [2.24, 2.45) is 0 Å². The molecule has 0 bridgehead atoms. The minimum atomic E-state index is -4.61. The number of hydrogen-bond donors (Lipinski definition) is 2. The number of pyridine rings is 1. The largest absolute Gasteiger partial charge is 0.451 e. The number of morpholine rings is 1. The summed E-state index contributed by atoms with van der Waals surface area (Å²) in [5.74, 6) is -0.766. The monoisotopic (exact) mass is 474 g/mol. The third kappa shape index (κ3) is 5.42. The first kappa shape index (κ1) is 23.8. The van der Waals surface area contributed by atoms with Crippen LogP contribution in [0.4, 0.5) is 19.0 Å². The molecule has 4 rings (SSSR count). The van der Waals surface area contributed by atoms with Crippen LogP contribution in [-0.2, 0) is 10.9 Å². The Bertz CT molecular complexity index is 1130. The van der Waals surface area contributed by atoms with Gasteiger partial charge in [0.15, 0.2) is 0 Å². The molecule has 1 fully saturated rings. The summed E-state index contributed by atoms with van der Waals surface area (Å²) >= 11 is 0. The van der Waals surface area contributed by atoms with E-state index in [4.69, 9.17) is 4.74 Å². The highest BCUT2D eigenvalue weighted by molar-refractivity contribution is 6.06. The number of fused-ring (bicyclic) bond motifs is 1. The van der Waals surface area contributed by atoms with Crippen molar-refractivity contribution >= 4 is 22.6 Å². The minimum Gasteiger partial charge on any atom is -0.379 e. The van der Waals surface area contributed by atoms with Gasteiger partial charge in [0.25, 0.3) is 5.91 Å². The van der Waals surface area contributed by atoms with Crippen molar-refractivity contribution in [1.29, 1.82) is 0 Å². The lowest BCUT2D eigenvalue weighted by Gasteiger charge is -2.34. The average Bonchev–Trinajstić information content (AvgIpc) is 2.84. The fraction of sp³-hybridized carbons (Fsp3) is 0.391. The Balaban J connectivity index is 1.55. The number of carbonyl (C=O) groups excluding carboxylic acids is 1. The quantitative estimate of drug-likeness (QED) is 0.543. The van der Waals surface area contributed by atoms with E-state index >= 15 is 0 Å². The fourth-order valence-electron chi connectivity index (χ4n) is 3.92. The zero-order valence-electron chi connectivity index (χ0n) is 18.6. The topological polar surface area (TPSA) is 92.3 Å². The second kappa shape index (κ2) is 10.3. The van der Waals surface area contributed by atoms with Gasteiger partial charge in [-0.05, 0) is 31.2 Å². The van der Waals surface area contributed by atoms with Crippen molar-refractivity contribution in [3.05, 3.63) is 59.7 Å². The van der Waals surface area contributed by atoms with Crippen molar-refractivity contribution in [2.75, 3.05) is 44.7 Å². The van der Waals surface area contributed by atoms with Crippen LogP contribution in [0, 0.1) is 0 Å². The van der Waals surface area contributed by atoms with Crippen LogP contribution in [0.25, 0.3) is 10.9 Å². The summed E-state index contributed by atoms with van der Waals surface area (Å²) in [5.41, 5.74) is 1.65. The Kier molecular flexibility index (Phi) is 7.23. The molecular formula is C23H25F3N6O2. The Morgan fingerprint density at radius 1 is 1.15 bits per heavy atom. The molecule has 2 aromatic heterocycles. The molecule has 1 amide bonds. The molecule has 0 radical (unpaired) electrons. The van der Waals surface area contributed by atoms with Gasteiger partial charge >= 0.3 is 6.18 Å². The molecule has 8 nitrogen and oxygen atoms in total. The molecule has 0 saturated carbocycles. The molecule has 1 aliphatic rings. The van der Waals surface area contributed by atoms with Crippen LogP contribution in [0.2, 0.25) is 0 Å². The third-order valence-corrected chi connectivity index (χ3v) is 5.59. The first-order valence-corrected chi connectivity index (χ1v) is 11.0. The first-order valence-electron chi connectivity index (χ1n) is 11.0. The molecule has 1 saturated heterocycles. The van der Waals surface area contributed by atoms with E-state index in [0.29, 0.717) is 48.3 Å². The number of anilines is 1. The van der Waals surface area contributed by atoms with Crippen LogP contribution in [0.1, 0.15) is 34.7 Å². The van der Waals surface area contributed by atoms with Gasteiger partial charge in [0, 0.05) is 55.1 Å². The van der Waals surface area contributed by atoms with E-state index in [0.717, 1.165) is 12.4 Å². The smallest absolute Gasteiger partial charge is 0.379 e. The Labute approximate surface area is 194 Å². The molecule has 3 heterocycles. The van der Waals surface area contributed by atoms with Crippen LogP contribution in [0.5, 0.6) is 0 Å². The van der Waals surface area contributed by atoms with E-state index in [9.17, 15) is 18.0 Å². The van der Waals surface area contributed by atoms with Crippen molar-refractivity contribution in [3.63, 3.8) is 0 Å². The van der Waals surface area contributed by atoms with Crippen molar-refractivity contribution in [1.82, 2.24) is 25.2 Å². The number of nitrogens with one attached hydrogen (secondary N) is 2. The van der Waals surface area contributed by atoms with E-state index in [1.165, 1.54) is 12.4 Å². The number of hydrogen-bond acceptors (Lipinski definition) is 7. The molecule has 11 heteroatoms. The van der Waals surface area contributed by atoms with Crippen LogP contribution >= 0.6 is 0 Å². The summed E-state index contributed by atoms with van der Waals surface area (Å²) in [7, 11) is 0. The number of nitrogens with zero attached hydrogens (tertiary/aromatic N) is 4. The lowest BCUT2D eigenvalue weighted by atomic mass is 10.1. The Morgan fingerprint density at radius 3 is 2.56 bits per heavy atom. The fourth-order valence-corrected chi connectivity index (χ4v) is 3.92. The van der Waals surface area contributed by atoms with Crippen LogP contribution < -0.4 is 10.6 Å². The standard InChI is InChI=1S/C23H25F3N6O2/c1-2-27-20-7-6-16-17(4-3-5-18(16)31-20)21(33)28-14-19(32-8-10-34-11-9-32)15-12-29-22(30-13-15)23(24,25)26/h3-7,12-13,19H,2,8-11,14H2,1H3,(H,27,31)(H,28,33). The van der Waals surface area contributed by atoms with Crippen LogP contribution in [-0.4, -0.2) is 65.2 Å². The highest BCUT2D eigenvalue weighted by atomic mass is 19.4. The van der Waals surface area contributed by atoms with Gasteiger partial charge in [-0.2, -0.15) is 13.2 Å². The van der Waals surface area contributed by atoms with Gasteiger partial charge in [-0.1, -0.05) is 6.07 Å². The number of alkyl halides is 3. The zero-order chi connectivity index (χ0) is 24.1. The Hall–Kier alpha value is -3.31. The van der Waals surface area contributed by atoms with Crippen molar-refractivity contribution in [2.45, 2.75) is 19.1 Å². The molecule has 1 unspecified atom stereocenters. The van der Waals surface area contributed by atoms with Crippen molar-refractivity contribution in [3.8, 4) is 0 Å². The second-order valence-electron chi connectivity index (χ2n) is 7.81. The van der Waals surface area contributed by atoms with Crippen LogP contribution in [0.3, 0.4) is 0 Å². The molecule has 0 spiro atoms. The summed E-state index contributed by atoms with van der Waals surface area (Å²) in [6.07, 6.45) is -2.27. The minimum absolute atomic E-state index is 0.173. The predicted octanol–water partition coefficient (Wildman–Crippen LogP) is 3.28. The van der Waals surface area contributed by atoms with Gasteiger partial charge in [-0.3, -0.25) is 9.69 Å².